The van der Waals surface area contributed by atoms with Crippen molar-refractivity contribution in [2.45, 2.75) is 58.0 Å². The van der Waals surface area contributed by atoms with Crippen LogP contribution in [0.5, 0.6) is 0 Å². The summed E-state index contributed by atoms with van der Waals surface area (Å²) in [5, 5.41) is 14.2. The fourth-order valence-corrected chi connectivity index (χ4v) is 2.31. The molecule has 1 fully saturated rings. The highest BCUT2D eigenvalue weighted by atomic mass is 16.5. The lowest BCUT2D eigenvalue weighted by atomic mass is 10.0. The van der Waals surface area contributed by atoms with Crippen LogP contribution in [0.1, 0.15) is 46.0 Å². The maximum Gasteiger partial charge on any atom is 0.239 e. The molecule has 0 heterocycles. The van der Waals surface area contributed by atoms with Crippen molar-refractivity contribution < 1.29 is 19.6 Å². The lowest BCUT2D eigenvalue weighted by Crippen LogP contribution is -2.46. The smallest absolute Gasteiger partial charge is 0.239 e. The molecule has 0 bridgehead atoms. The van der Waals surface area contributed by atoms with Crippen LogP contribution in [-0.4, -0.2) is 48.0 Å². The van der Waals surface area contributed by atoms with Crippen molar-refractivity contribution in [3.63, 3.8) is 0 Å². The first-order chi connectivity index (χ1) is 11.4. The summed E-state index contributed by atoms with van der Waals surface area (Å²) in [4.78, 5) is 35.1. The minimum Gasteiger partial charge on any atom is -0.355 e. The van der Waals surface area contributed by atoms with E-state index in [-0.39, 0.29) is 36.0 Å². The van der Waals surface area contributed by atoms with Crippen molar-refractivity contribution in [3.05, 3.63) is 0 Å². The average molecular weight is 342 g/mol. The molecule has 0 aromatic heterocycles. The topological polar surface area (TPSA) is 134 Å². The number of carbonyl (C=O) groups excluding carboxylic acids is 3. The Morgan fingerprint density at radius 2 is 1.79 bits per heavy atom. The summed E-state index contributed by atoms with van der Waals surface area (Å²) < 4.78 is 0. The molecule has 0 aliphatic heterocycles. The third-order valence-corrected chi connectivity index (χ3v) is 4.14. The number of rotatable bonds is 12. The van der Waals surface area contributed by atoms with E-state index in [1.54, 1.807) is 0 Å². The monoisotopic (exact) mass is 342 g/mol. The molecule has 1 aliphatic carbocycles. The van der Waals surface area contributed by atoms with E-state index in [0.29, 0.717) is 25.8 Å². The molecule has 6 N–H and O–H groups in total. The van der Waals surface area contributed by atoms with Crippen molar-refractivity contribution in [1.29, 1.82) is 0 Å². The second kappa shape index (κ2) is 10.4. The summed E-state index contributed by atoms with van der Waals surface area (Å²) in [6, 6.07) is -1.28. The van der Waals surface area contributed by atoms with Crippen LogP contribution in [0.25, 0.3) is 0 Å². The highest BCUT2D eigenvalue weighted by molar-refractivity contribution is 5.90. The fourth-order valence-electron chi connectivity index (χ4n) is 2.31. The highest BCUT2D eigenvalue weighted by Gasteiger charge is 2.29. The second-order valence-electron chi connectivity index (χ2n) is 6.70. The molecule has 1 saturated carbocycles. The van der Waals surface area contributed by atoms with Crippen molar-refractivity contribution in [2.24, 2.45) is 17.6 Å². The number of hydroxylamine groups is 1. The van der Waals surface area contributed by atoms with E-state index in [1.165, 1.54) is 0 Å². The van der Waals surface area contributed by atoms with Gasteiger partial charge >= 0.3 is 0 Å². The largest absolute Gasteiger partial charge is 0.355 e. The lowest BCUT2D eigenvalue weighted by molar-refractivity contribution is -0.127. The van der Waals surface area contributed by atoms with Crippen LogP contribution >= 0.6 is 0 Å². The zero-order chi connectivity index (χ0) is 18.1. The summed E-state index contributed by atoms with van der Waals surface area (Å²) >= 11 is 0. The minimum atomic E-state index is -0.643. The third kappa shape index (κ3) is 7.37. The van der Waals surface area contributed by atoms with Gasteiger partial charge in [-0.2, -0.15) is 5.48 Å². The summed E-state index contributed by atoms with van der Waals surface area (Å²) in [6.45, 7) is 4.19. The Hall–Kier alpha value is -1.51. The Morgan fingerprint density at radius 1 is 1.12 bits per heavy atom. The Bertz CT molecular complexity index is 438. The van der Waals surface area contributed by atoms with Crippen LogP contribution in [0, 0.1) is 11.8 Å². The molecular weight excluding hydrogens is 312 g/mol. The molecule has 8 heteroatoms. The van der Waals surface area contributed by atoms with Crippen LogP contribution in [-0.2, 0) is 14.4 Å². The normalized spacial score (nSPS) is 16.5. The second-order valence-corrected chi connectivity index (χ2v) is 6.70. The molecule has 1 aliphatic rings. The molecule has 0 spiro atoms. The van der Waals surface area contributed by atoms with E-state index in [1.807, 2.05) is 19.3 Å². The van der Waals surface area contributed by atoms with Gasteiger partial charge in [0.25, 0.3) is 0 Å². The molecule has 138 valence electrons. The van der Waals surface area contributed by atoms with Gasteiger partial charge in [-0.3, -0.25) is 14.4 Å². The van der Waals surface area contributed by atoms with Gasteiger partial charge in [-0.05, 0) is 38.0 Å². The minimum absolute atomic E-state index is 0.0227. The first-order valence-corrected chi connectivity index (χ1v) is 8.60. The van der Waals surface area contributed by atoms with Gasteiger partial charge in [0.15, 0.2) is 5.78 Å². The van der Waals surface area contributed by atoms with Crippen LogP contribution < -0.4 is 21.8 Å². The highest BCUT2D eigenvalue weighted by Crippen LogP contribution is 2.29. The Labute approximate surface area is 142 Å². The van der Waals surface area contributed by atoms with Gasteiger partial charge in [-0.1, -0.05) is 13.8 Å². The maximum atomic E-state index is 11.8. The zero-order valence-electron chi connectivity index (χ0n) is 14.5. The molecule has 1 rings (SSSR count). The summed E-state index contributed by atoms with van der Waals surface area (Å²) in [5.41, 5.74) is 7.79. The van der Waals surface area contributed by atoms with E-state index in [2.05, 4.69) is 10.6 Å². The van der Waals surface area contributed by atoms with Gasteiger partial charge in [0, 0.05) is 12.5 Å². The predicted molar refractivity (Wildman–Crippen MR) is 89.1 cm³/mol. The third-order valence-electron chi connectivity index (χ3n) is 4.14. The van der Waals surface area contributed by atoms with E-state index in [4.69, 9.17) is 10.9 Å². The van der Waals surface area contributed by atoms with Crippen molar-refractivity contribution in [2.75, 3.05) is 13.1 Å². The van der Waals surface area contributed by atoms with Crippen molar-refractivity contribution in [3.8, 4) is 0 Å². The van der Waals surface area contributed by atoms with E-state index < -0.39 is 12.1 Å². The number of carbonyl (C=O) groups is 3. The molecule has 8 nitrogen and oxygen atoms in total. The molecule has 0 saturated heterocycles. The van der Waals surface area contributed by atoms with Gasteiger partial charge in [0.05, 0.1) is 12.6 Å². The quantitative estimate of drug-likeness (QED) is 0.244. The average Bonchev–Trinajstić information content (AvgIpc) is 3.36. The van der Waals surface area contributed by atoms with Gasteiger partial charge in [-0.25, -0.2) is 0 Å². The Morgan fingerprint density at radius 3 is 2.33 bits per heavy atom. The first-order valence-electron chi connectivity index (χ1n) is 8.60. The first kappa shape index (κ1) is 20.5. The SMILES string of the molecule is CC(C)[C@H](NO)C(=O)NCCCC[C@H](N)C(=O)NCC(=O)C1CC1. The Kier molecular flexibility index (Phi) is 8.88. The molecule has 24 heavy (non-hydrogen) atoms. The number of hydrogen-bond donors (Lipinski definition) is 5. The number of Topliss-reactive ketones (excluding diaryl/α,β-unsaturated/α-hetero) is 1. The molecule has 0 aromatic carbocycles. The number of hydrogen-bond acceptors (Lipinski definition) is 6. The van der Waals surface area contributed by atoms with Gasteiger partial charge < -0.3 is 21.6 Å². The number of amides is 2. The molecule has 0 unspecified atom stereocenters. The summed E-state index contributed by atoms with van der Waals surface area (Å²) in [6.07, 6.45) is 3.71. The molecule has 2 atom stereocenters. The Balaban J connectivity index is 2.09. The fraction of sp³-hybridized carbons (Fsp3) is 0.812. The molecule has 0 aromatic rings. The van der Waals surface area contributed by atoms with Crippen LogP contribution in [0.4, 0.5) is 0 Å². The predicted octanol–water partition coefficient (Wildman–Crippen LogP) is -0.301. The number of nitrogens with two attached hydrogens (primary N) is 1. The van der Waals surface area contributed by atoms with Crippen molar-refractivity contribution >= 4 is 17.6 Å². The van der Waals surface area contributed by atoms with E-state index in [9.17, 15) is 14.4 Å². The zero-order valence-corrected chi connectivity index (χ0v) is 14.5. The number of nitrogens with one attached hydrogen (secondary N) is 3. The standard InChI is InChI=1S/C16H30N4O4/c1-10(2)14(20-24)16(23)18-8-4-3-5-12(17)15(22)19-9-13(21)11-6-7-11/h10-12,14,20,24H,3-9,17H2,1-2H3,(H,18,23)(H,19,22)/t12-,14-/m0/s1. The number of ketones is 1. The van der Waals surface area contributed by atoms with Crippen molar-refractivity contribution in [1.82, 2.24) is 16.1 Å². The van der Waals surface area contributed by atoms with Gasteiger partial charge in [0.2, 0.25) is 11.8 Å². The van der Waals surface area contributed by atoms with E-state index in [0.717, 1.165) is 12.8 Å². The number of unbranched alkanes of at least 4 members (excludes halogenated alkanes) is 1. The van der Waals surface area contributed by atoms with Crippen LogP contribution in [0.15, 0.2) is 0 Å². The molecule has 2 amide bonds. The van der Waals surface area contributed by atoms with Gasteiger partial charge in [-0.15, -0.1) is 0 Å². The van der Waals surface area contributed by atoms with Crippen LogP contribution in [0.3, 0.4) is 0 Å². The lowest BCUT2D eigenvalue weighted by Gasteiger charge is -2.18. The van der Waals surface area contributed by atoms with Crippen LogP contribution in [0.2, 0.25) is 0 Å². The molecular formula is C16H30N4O4. The maximum absolute atomic E-state index is 11.8. The van der Waals surface area contributed by atoms with Gasteiger partial charge in [0.1, 0.15) is 6.04 Å². The summed E-state index contributed by atoms with van der Waals surface area (Å²) in [7, 11) is 0. The molecule has 0 radical (unpaired) electrons. The van der Waals surface area contributed by atoms with E-state index >= 15 is 0 Å². The summed E-state index contributed by atoms with van der Waals surface area (Å²) in [5.74, 6) is -0.375.